The number of ether oxygens (including phenoxy) is 1. The molecule has 0 saturated heterocycles. The summed E-state index contributed by atoms with van der Waals surface area (Å²) in [5.74, 6) is 0. The van der Waals surface area contributed by atoms with Crippen LogP contribution in [0, 0.1) is 0 Å². The van der Waals surface area contributed by atoms with E-state index in [1.165, 1.54) is 5.56 Å². The Morgan fingerprint density at radius 3 is 2.65 bits per heavy atom. The van der Waals surface area contributed by atoms with Gasteiger partial charge >= 0.3 is 0 Å². The van der Waals surface area contributed by atoms with Crippen LogP contribution in [0.3, 0.4) is 0 Å². The lowest BCUT2D eigenvalue weighted by Crippen LogP contribution is -2.49. The molecule has 0 bridgehead atoms. The summed E-state index contributed by atoms with van der Waals surface area (Å²) >= 11 is 0. The van der Waals surface area contributed by atoms with Gasteiger partial charge in [0.15, 0.2) is 0 Å². The van der Waals surface area contributed by atoms with Crippen LogP contribution in [-0.2, 0) is 17.7 Å². The Morgan fingerprint density at radius 1 is 1.47 bits per heavy atom. The number of hydrogen-bond donors (Lipinski definition) is 1. The largest absolute Gasteiger partial charge is 0.377 e. The highest BCUT2D eigenvalue weighted by Crippen LogP contribution is 2.17. The number of aromatic nitrogens is 2. The molecule has 0 aliphatic heterocycles. The molecule has 4 nitrogen and oxygen atoms in total. The van der Waals surface area contributed by atoms with Crippen molar-refractivity contribution < 1.29 is 4.74 Å². The summed E-state index contributed by atoms with van der Waals surface area (Å²) in [7, 11) is 1.76. The highest BCUT2D eigenvalue weighted by atomic mass is 16.5. The van der Waals surface area contributed by atoms with Crippen molar-refractivity contribution >= 4 is 0 Å². The number of rotatable bonds is 7. The van der Waals surface area contributed by atoms with Crippen LogP contribution >= 0.6 is 0 Å². The Hall–Kier alpha value is -0.870. The maximum Gasteiger partial charge on any atom is 0.0778 e. The third kappa shape index (κ3) is 3.82. The van der Waals surface area contributed by atoms with Crippen molar-refractivity contribution in [2.24, 2.45) is 0 Å². The van der Waals surface area contributed by atoms with Gasteiger partial charge in [0.2, 0.25) is 0 Å². The minimum atomic E-state index is -0.176. The van der Waals surface area contributed by atoms with Crippen LogP contribution in [0.15, 0.2) is 12.4 Å². The number of likely N-dealkylation sites (N-methyl/N-ethyl adjacent to an activating group) is 1. The van der Waals surface area contributed by atoms with Gasteiger partial charge in [0.05, 0.1) is 11.8 Å². The second kappa shape index (κ2) is 6.17. The van der Waals surface area contributed by atoms with E-state index in [-0.39, 0.29) is 5.60 Å². The molecule has 1 unspecified atom stereocenters. The van der Waals surface area contributed by atoms with Crippen LogP contribution in [0.4, 0.5) is 0 Å². The van der Waals surface area contributed by atoms with Crippen molar-refractivity contribution in [2.45, 2.75) is 52.3 Å². The minimum Gasteiger partial charge on any atom is -0.377 e. The summed E-state index contributed by atoms with van der Waals surface area (Å²) in [6.07, 6.45) is 4.99. The van der Waals surface area contributed by atoms with Crippen molar-refractivity contribution in [3.05, 3.63) is 18.0 Å². The van der Waals surface area contributed by atoms with Crippen LogP contribution < -0.4 is 5.32 Å². The molecule has 0 aliphatic carbocycles. The van der Waals surface area contributed by atoms with Gasteiger partial charge in [-0.15, -0.1) is 0 Å². The predicted octanol–water partition coefficient (Wildman–Crippen LogP) is 1.85. The zero-order chi connectivity index (χ0) is 12.9. The molecule has 1 N–H and O–H groups in total. The van der Waals surface area contributed by atoms with E-state index in [2.05, 4.69) is 44.3 Å². The molecule has 0 amide bonds. The van der Waals surface area contributed by atoms with Crippen LogP contribution in [-0.4, -0.2) is 35.1 Å². The van der Waals surface area contributed by atoms with Gasteiger partial charge in [0.1, 0.15) is 0 Å². The summed E-state index contributed by atoms with van der Waals surface area (Å²) in [4.78, 5) is 0. The summed E-state index contributed by atoms with van der Waals surface area (Å²) in [5.41, 5.74) is 1.08. The molecule has 98 valence electrons. The van der Waals surface area contributed by atoms with Gasteiger partial charge in [-0.05, 0) is 39.3 Å². The predicted molar refractivity (Wildman–Crippen MR) is 70.2 cm³/mol. The molecule has 0 spiro atoms. The number of methoxy groups -OCH3 is 1. The average Bonchev–Trinajstić information content (AvgIpc) is 2.76. The standard InChI is InChI=1S/C13H25N3O/c1-6-14-12(13(3,4)17-5)8-11-9-15-16(7-2)10-11/h9-10,12,14H,6-8H2,1-5H3. The number of nitrogens with zero attached hydrogens (tertiary/aromatic N) is 2. The van der Waals surface area contributed by atoms with Crippen molar-refractivity contribution in [1.29, 1.82) is 0 Å². The second-order valence-electron chi connectivity index (χ2n) is 4.83. The SMILES string of the molecule is CCNC(Cc1cnn(CC)c1)C(C)(C)OC. The Bertz CT molecular complexity index is 333. The lowest BCUT2D eigenvalue weighted by Gasteiger charge is -2.33. The Balaban J connectivity index is 2.72. The second-order valence-corrected chi connectivity index (χ2v) is 4.83. The van der Waals surface area contributed by atoms with Gasteiger partial charge in [-0.25, -0.2) is 0 Å². The molecule has 0 radical (unpaired) electrons. The monoisotopic (exact) mass is 239 g/mol. The van der Waals surface area contributed by atoms with Crippen LogP contribution in [0.25, 0.3) is 0 Å². The molecule has 0 aliphatic rings. The fourth-order valence-corrected chi connectivity index (χ4v) is 1.87. The van der Waals surface area contributed by atoms with Crippen LogP contribution in [0.1, 0.15) is 33.3 Å². The molecule has 1 heterocycles. The molecule has 1 atom stereocenters. The lowest BCUT2D eigenvalue weighted by molar-refractivity contribution is -0.00960. The van der Waals surface area contributed by atoms with Crippen molar-refractivity contribution in [2.75, 3.05) is 13.7 Å². The first-order valence-electron chi connectivity index (χ1n) is 6.33. The maximum absolute atomic E-state index is 5.57. The zero-order valence-electron chi connectivity index (χ0n) is 11.7. The van der Waals surface area contributed by atoms with Crippen molar-refractivity contribution in [3.63, 3.8) is 0 Å². The quantitative estimate of drug-likeness (QED) is 0.789. The summed E-state index contributed by atoms with van der Waals surface area (Å²) in [6.45, 7) is 10.3. The van der Waals surface area contributed by atoms with E-state index in [1.807, 2.05) is 10.9 Å². The number of hydrogen-bond acceptors (Lipinski definition) is 3. The highest BCUT2D eigenvalue weighted by molar-refractivity contribution is 5.08. The Labute approximate surface area is 104 Å². The Kier molecular flexibility index (Phi) is 5.15. The van der Waals surface area contributed by atoms with E-state index in [0.717, 1.165) is 19.5 Å². The first kappa shape index (κ1) is 14.2. The van der Waals surface area contributed by atoms with Crippen molar-refractivity contribution in [3.8, 4) is 0 Å². The van der Waals surface area contributed by atoms with E-state index >= 15 is 0 Å². The van der Waals surface area contributed by atoms with E-state index < -0.39 is 0 Å². The fraction of sp³-hybridized carbons (Fsp3) is 0.769. The first-order valence-corrected chi connectivity index (χ1v) is 6.33. The number of aryl methyl sites for hydroxylation is 1. The van der Waals surface area contributed by atoms with E-state index in [0.29, 0.717) is 6.04 Å². The molecule has 4 heteroatoms. The smallest absolute Gasteiger partial charge is 0.0778 e. The highest BCUT2D eigenvalue weighted by Gasteiger charge is 2.28. The van der Waals surface area contributed by atoms with Gasteiger partial charge in [-0.2, -0.15) is 5.10 Å². The summed E-state index contributed by atoms with van der Waals surface area (Å²) < 4.78 is 7.52. The van der Waals surface area contributed by atoms with E-state index in [1.54, 1.807) is 7.11 Å². The van der Waals surface area contributed by atoms with Crippen molar-refractivity contribution in [1.82, 2.24) is 15.1 Å². The zero-order valence-corrected chi connectivity index (χ0v) is 11.7. The van der Waals surface area contributed by atoms with Gasteiger partial charge in [0.25, 0.3) is 0 Å². The van der Waals surface area contributed by atoms with Gasteiger partial charge in [-0.1, -0.05) is 6.92 Å². The van der Waals surface area contributed by atoms with Gasteiger partial charge in [0, 0.05) is 25.9 Å². The minimum absolute atomic E-state index is 0.176. The molecule has 1 aromatic heterocycles. The molecule has 1 aromatic rings. The van der Waals surface area contributed by atoms with Gasteiger partial charge in [-0.3, -0.25) is 4.68 Å². The van der Waals surface area contributed by atoms with Crippen LogP contribution in [0.5, 0.6) is 0 Å². The van der Waals surface area contributed by atoms with E-state index in [4.69, 9.17) is 4.74 Å². The van der Waals surface area contributed by atoms with E-state index in [9.17, 15) is 0 Å². The molecular formula is C13H25N3O. The Morgan fingerprint density at radius 2 is 2.18 bits per heavy atom. The summed E-state index contributed by atoms with van der Waals surface area (Å²) in [6, 6.07) is 0.298. The first-order chi connectivity index (χ1) is 8.03. The molecule has 0 saturated carbocycles. The topological polar surface area (TPSA) is 39.1 Å². The molecule has 0 aromatic carbocycles. The molecular weight excluding hydrogens is 214 g/mol. The fourth-order valence-electron chi connectivity index (χ4n) is 1.87. The molecule has 17 heavy (non-hydrogen) atoms. The average molecular weight is 239 g/mol. The molecule has 0 fully saturated rings. The van der Waals surface area contributed by atoms with Crippen LogP contribution in [0.2, 0.25) is 0 Å². The normalized spacial score (nSPS) is 13.9. The summed E-state index contributed by atoms with van der Waals surface area (Å²) in [5, 5.41) is 7.79. The third-order valence-electron chi connectivity index (χ3n) is 3.27. The maximum atomic E-state index is 5.57. The number of nitrogens with one attached hydrogen (secondary N) is 1. The third-order valence-corrected chi connectivity index (χ3v) is 3.27. The lowest BCUT2D eigenvalue weighted by atomic mass is 9.93. The molecule has 1 rings (SSSR count). The van der Waals surface area contributed by atoms with Gasteiger partial charge < -0.3 is 10.1 Å².